The number of nitrogens with zero attached hydrogens (tertiary/aromatic N) is 2. The molecule has 6 heteroatoms. The van der Waals surface area contributed by atoms with Gasteiger partial charge in [-0.3, -0.25) is 9.48 Å². The molecule has 2 aromatic rings. The van der Waals surface area contributed by atoms with E-state index in [-0.39, 0.29) is 5.78 Å². The summed E-state index contributed by atoms with van der Waals surface area (Å²) in [5.74, 6) is 1.19. The summed E-state index contributed by atoms with van der Waals surface area (Å²) in [5, 5.41) is 4.35. The monoisotopic (exact) mass is 362 g/mol. The third-order valence-electron chi connectivity index (χ3n) is 3.29. The van der Waals surface area contributed by atoms with Crippen molar-refractivity contribution in [2.45, 2.75) is 13.5 Å². The maximum absolute atomic E-state index is 12.3. The van der Waals surface area contributed by atoms with Crippen LogP contribution in [0.15, 0.2) is 34.9 Å². The van der Waals surface area contributed by atoms with Crippen molar-refractivity contribution in [2.75, 3.05) is 13.2 Å². The van der Waals surface area contributed by atoms with Crippen LogP contribution >= 0.6 is 15.9 Å². The van der Waals surface area contributed by atoms with Crippen LogP contribution in [0.4, 0.5) is 0 Å². The van der Waals surface area contributed by atoms with Gasteiger partial charge in [0.25, 0.3) is 0 Å². The van der Waals surface area contributed by atoms with E-state index in [0.29, 0.717) is 30.3 Å². The number of carbonyl (C=O) groups excluding carboxylic acids is 1. The molecule has 5 nitrogen and oxygen atoms in total. The number of ether oxygens (including phenoxy) is 2. The highest BCUT2D eigenvalue weighted by molar-refractivity contribution is 9.10. The minimum absolute atomic E-state index is 0.102. The number of ketones is 1. The van der Waals surface area contributed by atoms with Crippen molar-refractivity contribution in [3.63, 3.8) is 0 Å². The first kappa shape index (κ1) is 14.8. The van der Waals surface area contributed by atoms with Gasteiger partial charge in [0.1, 0.15) is 13.2 Å². The number of carbonyl (C=O) groups is 1. The standard InChI is InChI=1S/C16H15BrN2O3/c1-2-19-10-12(17)13(18-19)4-5-14(20)11-3-6-15-16(9-11)22-8-7-21-15/h3-6,9-10H,2,7-8H2,1H3/b5-4+. The highest BCUT2D eigenvalue weighted by Gasteiger charge is 2.14. The SMILES string of the molecule is CCn1cc(Br)c(/C=C/C(=O)c2ccc3c(c2)OCCO3)n1. The second kappa shape index (κ2) is 6.36. The zero-order chi connectivity index (χ0) is 15.5. The highest BCUT2D eigenvalue weighted by atomic mass is 79.9. The lowest BCUT2D eigenvalue weighted by molar-refractivity contribution is 0.104. The van der Waals surface area contributed by atoms with Crippen LogP contribution < -0.4 is 9.47 Å². The molecule has 0 N–H and O–H groups in total. The van der Waals surface area contributed by atoms with E-state index >= 15 is 0 Å². The summed E-state index contributed by atoms with van der Waals surface area (Å²) in [7, 11) is 0. The van der Waals surface area contributed by atoms with Gasteiger partial charge >= 0.3 is 0 Å². The van der Waals surface area contributed by atoms with Gasteiger partial charge in [0.2, 0.25) is 0 Å². The molecular weight excluding hydrogens is 348 g/mol. The molecule has 0 unspecified atom stereocenters. The van der Waals surface area contributed by atoms with E-state index < -0.39 is 0 Å². The van der Waals surface area contributed by atoms with Gasteiger partial charge < -0.3 is 9.47 Å². The molecule has 0 fully saturated rings. The first-order valence-electron chi connectivity index (χ1n) is 7.02. The number of hydrogen-bond acceptors (Lipinski definition) is 4. The molecule has 0 atom stereocenters. The molecule has 0 saturated heterocycles. The Balaban J connectivity index is 1.79. The van der Waals surface area contributed by atoms with Crippen LogP contribution in [0.3, 0.4) is 0 Å². The third-order valence-corrected chi connectivity index (χ3v) is 3.90. The Morgan fingerprint density at radius 3 is 2.86 bits per heavy atom. The van der Waals surface area contributed by atoms with Crippen molar-refractivity contribution in [3.05, 3.63) is 46.2 Å². The molecule has 1 aromatic heterocycles. The molecule has 1 aliphatic heterocycles. The number of allylic oxidation sites excluding steroid dienone is 1. The molecule has 1 aromatic carbocycles. The number of rotatable bonds is 4. The minimum Gasteiger partial charge on any atom is -0.486 e. The lowest BCUT2D eigenvalue weighted by Gasteiger charge is -2.18. The fourth-order valence-corrected chi connectivity index (χ4v) is 2.58. The van der Waals surface area contributed by atoms with E-state index in [1.54, 1.807) is 29.0 Å². The van der Waals surface area contributed by atoms with Crippen LogP contribution in [0.1, 0.15) is 23.0 Å². The van der Waals surface area contributed by atoms with Crippen LogP contribution in [0.2, 0.25) is 0 Å². The lowest BCUT2D eigenvalue weighted by Crippen LogP contribution is -2.15. The summed E-state index contributed by atoms with van der Waals surface area (Å²) in [6, 6.07) is 5.21. The van der Waals surface area contributed by atoms with Crippen molar-refractivity contribution in [1.29, 1.82) is 0 Å². The first-order valence-corrected chi connectivity index (χ1v) is 7.81. The predicted molar refractivity (Wildman–Crippen MR) is 86.4 cm³/mol. The van der Waals surface area contributed by atoms with Crippen LogP contribution in [-0.4, -0.2) is 28.8 Å². The van der Waals surface area contributed by atoms with Crippen molar-refractivity contribution in [1.82, 2.24) is 9.78 Å². The normalized spacial score (nSPS) is 13.5. The summed E-state index contributed by atoms with van der Waals surface area (Å²) >= 11 is 3.43. The quantitative estimate of drug-likeness (QED) is 0.618. The molecular formula is C16H15BrN2O3. The Morgan fingerprint density at radius 1 is 1.36 bits per heavy atom. The molecule has 2 heterocycles. The molecule has 0 saturated carbocycles. The molecule has 22 heavy (non-hydrogen) atoms. The maximum Gasteiger partial charge on any atom is 0.186 e. The zero-order valence-corrected chi connectivity index (χ0v) is 13.7. The molecule has 0 radical (unpaired) electrons. The van der Waals surface area contributed by atoms with Gasteiger partial charge in [-0.05, 0) is 53.2 Å². The average Bonchev–Trinajstić information content (AvgIpc) is 2.92. The molecule has 1 aliphatic rings. The van der Waals surface area contributed by atoms with Crippen LogP contribution in [0, 0.1) is 0 Å². The van der Waals surface area contributed by atoms with Crippen molar-refractivity contribution < 1.29 is 14.3 Å². The van der Waals surface area contributed by atoms with Crippen LogP contribution in [0.25, 0.3) is 6.08 Å². The molecule has 0 aliphatic carbocycles. The van der Waals surface area contributed by atoms with E-state index in [2.05, 4.69) is 21.0 Å². The van der Waals surface area contributed by atoms with Crippen molar-refractivity contribution >= 4 is 27.8 Å². The van der Waals surface area contributed by atoms with Gasteiger partial charge in [0.15, 0.2) is 17.3 Å². The fourth-order valence-electron chi connectivity index (χ4n) is 2.13. The van der Waals surface area contributed by atoms with E-state index in [4.69, 9.17) is 9.47 Å². The topological polar surface area (TPSA) is 53.4 Å². The first-order chi connectivity index (χ1) is 10.7. The fraction of sp³-hybridized carbons (Fsp3) is 0.250. The average molecular weight is 363 g/mol. The smallest absolute Gasteiger partial charge is 0.186 e. The lowest BCUT2D eigenvalue weighted by atomic mass is 10.1. The predicted octanol–water partition coefficient (Wildman–Crippen LogP) is 3.33. The maximum atomic E-state index is 12.3. The van der Waals surface area contributed by atoms with E-state index in [9.17, 15) is 4.79 Å². The largest absolute Gasteiger partial charge is 0.486 e. The number of hydrogen-bond donors (Lipinski definition) is 0. The Kier molecular flexibility index (Phi) is 4.29. The van der Waals surface area contributed by atoms with Crippen LogP contribution in [-0.2, 0) is 6.54 Å². The zero-order valence-electron chi connectivity index (χ0n) is 12.1. The highest BCUT2D eigenvalue weighted by Crippen LogP contribution is 2.31. The molecule has 0 spiro atoms. The van der Waals surface area contributed by atoms with E-state index in [1.807, 2.05) is 13.1 Å². The number of benzene rings is 1. The summed E-state index contributed by atoms with van der Waals surface area (Å²) in [6.07, 6.45) is 5.10. The third kappa shape index (κ3) is 3.06. The number of fused-ring (bicyclic) bond motifs is 1. The summed E-state index contributed by atoms with van der Waals surface area (Å²) in [4.78, 5) is 12.3. The minimum atomic E-state index is -0.102. The van der Waals surface area contributed by atoms with Gasteiger partial charge in [0, 0.05) is 18.3 Å². The molecule has 114 valence electrons. The Hall–Kier alpha value is -2.08. The van der Waals surface area contributed by atoms with Gasteiger partial charge in [-0.25, -0.2) is 0 Å². The van der Waals surface area contributed by atoms with Gasteiger partial charge in [0.05, 0.1) is 10.2 Å². The second-order valence-corrected chi connectivity index (χ2v) is 5.63. The van der Waals surface area contributed by atoms with Gasteiger partial charge in [-0.15, -0.1) is 0 Å². The Morgan fingerprint density at radius 2 is 2.14 bits per heavy atom. The summed E-state index contributed by atoms with van der Waals surface area (Å²) < 4.78 is 13.6. The summed E-state index contributed by atoms with van der Waals surface area (Å²) in [5.41, 5.74) is 1.29. The Labute approximate surface area is 136 Å². The van der Waals surface area contributed by atoms with E-state index in [1.165, 1.54) is 6.08 Å². The second-order valence-electron chi connectivity index (χ2n) is 4.77. The van der Waals surface area contributed by atoms with Crippen molar-refractivity contribution in [3.8, 4) is 11.5 Å². The molecule has 0 bridgehead atoms. The summed E-state index contributed by atoms with van der Waals surface area (Å²) in [6.45, 7) is 3.83. The number of halogens is 1. The van der Waals surface area contributed by atoms with Crippen molar-refractivity contribution in [2.24, 2.45) is 0 Å². The molecule has 0 amide bonds. The number of aryl methyl sites for hydroxylation is 1. The van der Waals surface area contributed by atoms with E-state index in [0.717, 1.165) is 16.7 Å². The van der Waals surface area contributed by atoms with Crippen LogP contribution in [0.5, 0.6) is 11.5 Å². The molecule has 3 rings (SSSR count). The van der Waals surface area contributed by atoms with Gasteiger partial charge in [-0.1, -0.05) is 0 Å². The Bertz CT molecular complexity index is 737. The number of aromatic nitrogens is 2. The van der Waals surface area contributed by atoms with Gasteiger partial charge in [-0.2, -0.15) is 5.10 Å².